The second kappa shape index (κ2) is 6.12. The van der Waals surface area contributed by atoms with Gasteiger partial charge in [0.1, 0.15) is 12.8 Å². The molecule has 0 aliphatic carbocycles. The van der Waals surface area contributed by atoms with Crippen LogP contribution in [0.2, 0.25) is 0 Å². The van der Waals surface area contributed by atoms with Crippen molar-refractivity contribution >= 4 is 0 Å². The lowest BCUT2D eigenvalue weighted by molar-refractivity contribution is -0.137. The Bertz CT molecular complexity index is 751. The molecule has 0 aliphatic heterocycles. The van der Waals surface area contributed by atoms with Crippen LogP contribution in [0.3, 0.4) is 0 Å². The van der Waals surface area contributed by atoms with Gasteiger partial charge in [-0.05, 0) is 28.8 Å². The third kappa shape index (κ3) is 3.68. The molecule has 118 valence electrons. The molecule has 1 N–H and O–H groups in total. The molecule has 0 unspecified atom stereocenters. The zero-order valence-corrected chi connectivity index (χ0v) is 11.8. The van der Waals surface area contributed by atoms with Gasteiger partial charge >= 0.3 is 6.18 Å². The van der Waals surface area contributed by atoms with E-state index in [-0.39, 0.29) is 0 Å². The number of aromatic amines is 1. The van der Waals surface area contributed by atoms with Crippen molar-refractivity contribution in [2.24, 2.45) is 0 Å². The van der Waals surface area contributed by atoms with Crippen molar-refractivity contribution in [3.63, 3.8) is 0 Å². The fraction of sp³-hybridized carbons (Fsp3) is 0.125. The molecule has 0 saturated carbocycles. The fourth-order valence-corrected chi connectivity index (χ4v) is 2.06. The molecule has 0 spiro atoms. The van der Waals surface area contributed by atoms with Crippen molar-refractivity contribution in [1.82, 2.24) is 15.4 Å². The van der Waals surface area contributed by atoms with Gasteiger partial charge in [0.2, 0.25) is 0 Å². The first-order valence-electron chi connectivity index (χ1n) is 6.77. The molecule has 1 heterocycles. The van der Waals surface area contributed by atoms with E-state index >= 15 is 0 Å². The Morgan fingerprint density at radius 1 is 0.913 bits per heavy atom. The number of nitrogens with one attached hydrogen (secondary N) is 1. The summed E-state index contributed by atoms with van der Waals surface area (Å²) >= 11 is 0. The second-order valence-corrected chi connectivity index (χ2v) is 4.87. The SMILES string of the molecule is FC(F)(F)c1ccc(-c2ccc(COc3cn[nH]n3)cc2)cc1. The maximum Gasteiger partial charge on any atom is 0.416 e. The standard InChI is InChI=1S/C16H12F3N3O/c17-16(18,19)14-7-5-13(6-8-14)12-3-1-11(2-4-12)10-23-15-9-20-22-21-15/h1-9H,10H2,(H,20,21,22). The van der Waals surface area contributed by atoms with Gasteiger partial charge in [-0.2, -0.15) is 23.5 Å². The number of hydrogen-bond acceptors (Lipinski definition) is 3. The number of rotatable bonds is 4. The summed E-state index contributed by atoms with van der Waals surface area (Å²) in [6.45, 7) is 0.333. The lowest BCUT2D eigenvalue weighted by Gasteiger charge is -2.08. The van der Waals surface area contributed by atoms with Crippen molar-refractivity contribution in [3.05, 3.63) is 65.9 Å². The summed E-state index contributed by atoms with van der Waals surface area (Å²) in [5.74, 6) is 0.400. The normalized spacial score (nSPS) is 11.4. The van der Waals surface area contributed by atoms with Crippen molar-refractivity contribution in [2.75, 3.05) is 0 Å². The maximum absolute atomic E-state index is 12.6. The number of benzene rings is 2. The van der Waals surface area contributed by atoms with E-state index in [2.05, 4.69) is 15.4 Å². The lowest BCUT2D eigenvalue weighted by Crippen LogP contribution is -2.03. The molecule has 0 radical (unpaired) electrons. The molecule has 0 saturated heterocycles. The van der Waals surface area contributed by atoms with Crippen LogP contribution in [0.1, 0.15) is 11.1 Å². The number of H-pyrrole nitrogens is 1. The van der Waals surface area contributed by atoms with Gasteiger partial charge in [0, 0.05) is 0 Å². The molecule has 0 atom stereocenters. The summed E-state index contributed by atoms with van der Waals surface area (Å²) in [6, 6.07) is 12.5. The Balaban J connectivity index is 1.69. The third-order valence-corrected chi connectivity index (χ3v) is 3.28. The molecule has 2 aromatic carbocycles. The molecule has 0 aliphatic rings. The van der Waals surface area contributed by atoms with E-state index in [9.17, 15) is 13.2 Å². The van der Waals surface area contributed by atoms with E-state index in [0.29, 0.717) is 12.5 Å². The van der Waals surface area contributed by atoms with Crippen molar-refractivity contribution in [1.29, 1.82) is 0 Å². The molecule has 4 nitrogen and oxygen atoms in total. The number of hydrogen-bond donors (Lipinski definition) is 1. The summed E-state index contributed by atoms with van der Waals surface area (Å²) in [4.78, 5) is 0. The summed E-state index contributed by atoms with van der Waals surface area (Å²) < 4.78 is 43.1. The van der Waals surface area contributed by atoms with Crippen LogP contribution in [0.4, 0.5) is 13.2 Å². The zero-order chi connectivity index (χ0) is 16.3. The fourth-order valence-electron chi connectivity index (χ4n) is 2.06. The van der Waals surface area contributed by atoms with Crippen LogP contribution >= 0.6 is 0 Å². The van der Waals surface area contributed by atoms with Gasteiger partial charge in [0.25, 0.3) is 5.88 Å². The molecule has 7 heteroatoms. The summed E-state index contributed by atoms with van der Waals surface area (Å²) in [5.41, 5.74) is 1.83. The minimum absolute atomic E-state index is 0.333. The second-order valence-electron chi connectivity index (χ2n) is 4.87. The van der Waals surface area contributed by atoms with Gasteiger partial charge in [0.15, 0.2) is 0 Å². The molecule has 23 heavy (non-hydrogen) atoms. The number of nitrogens with zero attached hydrogens (tertiary/aromatic N) is 2. The van der Waals surface area contributed by atoms with E-state index < -0.39 is 11.7 Å². The number of halogens is 3. The average Bonchev–Trinajstić information content (AvgIpc) is 3.06. The highest BCUT2D eigenvalue weighted by Crippen LogP contribution is 2.31. The van der Waals surface area contributed by atoms with Crippen LogP contribution in [0.15, 0.2) is 54.7 Å². The summed E-state index contributed by atoms with van der Waals surface area (Å²) in [6.07, 6.45) is -2.85. The zero-order valence-electron chi connectivity index (χ0n) is 11.8. The highest BCUT2D eigenvalue weighted by atomic mass is 19.4. The first kappa shape index (κ1) is 15.1. The highest BCUT2D eigenvalue weighted by molar-refractivity contribution is 5.64. The van der Waals surface area contributed by atoms with Crippen molar-refractivity contribution < 1.29 is 17.9 Å². The Morgan fingerprint density at radius 2 is 1.52 bits per heavy atom. The minimum Gasteiger partial charge on any atom is -0.471 e. The van der Waals surface area contributed by atoms with Crippen LogP contribution in [0.25, 0.3) is 11.1 Å². The first-order valence-corrected chi connectivity index (χ1v) is 6.77. The van der Waals surface area contributed by atoms with Gasteiger partial charge in [-0.15, -0.1) is 5.10 Å². The topological polar surface area (TPSA) is 50.8 Å². The smallest absolute Gasteiger partial charge is 0.416 e. The van der Waals surface area contributed by atoms with E-state index in [4.69, 9.17) is 4.74 Å². The monoisotopic (exact) mass is 319 g/mol. The predicted molar refractivity (Wildman–Crippen MR) is 77.6 cm³/mol. The Kier molecular flexibility index (Phi) is 4.01. The largest absolute Gasteiger partial charge is 0.471 e. The predicted octanol–water partition coefficient (Wildman–Crippen LogP) is 4.07. The van der Waals surface area contributed by atoms with Gasteiger partial charge in [0.05, 0.1) is 5.56 Å². The van der Waals surface area contributed by atoms with Crippen LogP contribution < -0.4 is 4.74 Å². The van der Waals surface area contributed by atoms with E-state index in [1.807, 2.05) is 24.3 Å². The van der Waals surface area contributed by atoms with E-state index in [1.54, 1.807) is 0 Å². The van der Waals surface area contributed by atoms with Crippen molar-refractivity contribution in [3.8, 4) is 17.0 Å². The number of alkyl halides is 3. The van der Waals surface area contributed by atoms with Crippen molar-refractivity contribution in [2.45, 2.75) is 12.8 Å². The molecule has 3 rings (SSSR count). The molecule has 0 fully saturated rings. The van der Waals surface area contributed by atoms with Gasteiger partial charge in [-0.25, -0.2) is 0 Å². The lowest BCUT2D eigenvalue weighted by atomic mass is 10.0. The maximum atomic E-state index is 12.6. The minimum atomic E-state index is -4.32. The molecule has 0 amide bonds. The number of aromatic nitrogens is 3. The summed E-state index contributed by atoms with van der Waals surface area (Å²) in [5, 5.41) is 9.85. The molecule has 3 aromatic rings. The van der Waals surface area contributed by atoms with Crippen LogP contribution in [-0.2, 0) is 12.8 Å². The quantitative estimate of drug-likeness (QED) is 0.788. The molecular weight excluding hydrogens is 307 g/mol. The van der Waals surface area contributed by atoms with Gasteiger partial charge in [-0.1, -0.05) is 36.4 Å². The van der Waals surface area contributed by atoms with Gasteiger partial charge < -0.3 is 4.74 Å². The number of ether oxygens (including phenoxy) is 1. The highest BCUT2D eigenvalue weighted by Gasteiger charge is 2.29. The van der Waals surface area contributed by atoms with Crippen LogP contribution in [0, 0.1) is 0 Å². The Morgan fingerprint density at radius 3 is 2.04 bits per heavy atom. The summed E-state index contributed by atoms with van der Waals surface area (Å²) in [7, 11) is 0. The van der Waals surface area contributed by atoms with Crippen LogP contribution in [-0.4, -0.2) is 15.4 Å². The molecular formula is C16H12F3N3O. The molecule has 0 bridgehead atoms. The Hall–Kier alpha value is -2.83. The first-order chi connectivity index (χ1) is 11.0. The Labute approximate surface area is 129 Å². The van der Waals surface area contributed by atoms with Crippen LogP contribution in [0.5, 0.6) is 5.88 Å². The van der Waals surface area contributed by atoms with E-state index in [0.717, 1.165) is 28.8 Å². The van der Waals surface area contributed by atoms with E-state index in [1.165, 1.54) is 18.3 Å². The van der Waals surface area contributed by atoms with Gasteiger partial charge in [-0.3, -0.25) is 0 Å². The third-order valence-electron chi connectivity index (χ3n) is 3.28. The average molecular weight is 319 g/mol. The molecule has 1 aromatic heterocycles.